The lowest BCUT2D eigenvalue weighted by Crippen LogP contribution is -2.56. The Morgan fingerprint density at radius 1 is 1.03 bits per heavy atom. The molecule has 0 saturated carbocycles. The minimum Gasteiger partial charge on any atom is -0.481 e. The van der Waals surface area contributed by atoms with Gasteiger partial charge in [0.05, 0.1) is 24.8 Å². The van der Waals surface area contributed by atoms with Crippen LogP contribution in [0.25, 0.3) is 22.6 Å². The van der Waals surface area contributed by atoms with Crippen molar-refractivity contribution in [3.63, 3.8) is 0 Å². The van der Waals surface area contributed by atoms with E-state index in [1.54, 1.807) is 13.0 Å². The molecule has 12 nitrogen and oxygen atoms in total. The van der Waals surface area contributed by atoms with Crippen LogP contribution in [0.4, 0.5) is 4.79 Å². The molecule has 3 heterocycles. The van der Waals surface area contributed by atoms with Crippen molar-refractivity contribution in [1.29, 1.82) is 0 Å². The molecular weight excluding hydrogens is 506 g/mol. The van der Waals surface area contributed by atoms with Crippen LogP contribution in [0.15, 0.2) is 59.4 Å². The summed E-state index contributed by atoms with van der Waals surface area (Å²) in [6.07, 6.45) is 2.10. The lowest BCUT2D eigenvalue weighted by atomic mass is 10.1. The molecule has 1 fully saturated rings. The van der Waals surface area contributed by atoms with Crippen LogP contribution in [0, 0.1) is 0 Å². The summed E-state index contributed by atoms with van der Waals surface area (Å²) in [5, 5.41) is 11.9. The number of rotatable bonds is 9. The van der Waals surface area contributed by atoms with Crippen LogP contribution in [0.1, 0.15) is 30.3 Å². The molecule has 0 spiro atoms. The van der Waals surface area contributed by atoms with Gasteiger partial charge in [-0.1, -0.05) is 30.3 Å². The van der Waals surface area contributed by atoms with Crippen LogP contribution >= 0.6 is 0 Å². The van der Waals surface area contributed by atoms with E-state index in [0.29, 0.717) is 22.6 Å². The standard InChI is InChI=1S/C27H29N5O7/c1-2-39-27(37)32-13-11-31(12-14-32)26(36)20(8-9-23(33)34)30-25(35)22-16-21(19-10-15-38-17-19)28-24(29-22)18-6-4-3-5-7-18/h3-7,10,15-17,20H,2,8-9,11-14H2,1H3,(H,30,35)(H,33,34). The molecule has 12 heteroatoms. The van der Waals surface area contributed by atoms with Crippen LogP contribution in [0.2, 0.25) is 0 Å². The minimum absolute atomic E-state index is 0.0142. The average molecular weight is 536 g/mol. The number of furan rings is 1. The molecule has 3 amide bonds. The van der Waals surface area contributed by atoms with Crippen molar-refractivity contribution < 1.29 is 33.4 Å². The molecule has 3 aromatic rings. The van der Waals surface area contributed by atoms with E-state index in [2.05, 4.69) is 15.3 Å². The maximum Gasteiger partial charge on any atom is 0.409 e. The second kappa shape index (κ2) is 12.7. The van der Waals surface area contributed by atoms with Crippen LogP contribution < -0.4 is 5.32 Å². The smallest absolute Gasteiger partial charge is 0.409 e. The Hall–Kier alpha value is -4.74. The van der Waals surface area contributed by atoms with E-state index in [-0.39, 0.29) is 51.3 Å². The molecule has 2 aromatic heterocycles. The quantitative estimate of drug-likeness (QED) is 0.421. The summed E-state index contributed by atoms with van der Waals surface area (Å²) in [5.74, 6) is -1.86. The van der Waals surface area contributed by atoms with Crippen molar-refractivity contribution >= 4 is 23.9 Å². The van der Waals surface area contributed by atoms with Gasteiger partial charge in [0.25, 0.3) is 5.91 Å². The number of carboxylic acids is 1. The van der Waals surface area contributed by atoms with E-state index >= 15 is 0 Å². The van der Waals surface area contributed by atoms with Crippen LogP contribution in [0.3, 0.4) is 0 Å². The number of aromatic nitrogens is 2. The Morgan fingerprint density at radius 3 is 2.38 bits per heavy atom. The second-order valence-corrected chi connectivity index (χ2v) is 8.81. The van der Waals surface area contributed by atoms with Crippen molar-refractivity contribution in [2.24, 2.45) is 0 Å². The summed E-state index contributed by atoms with van der Waals surface area (Å²) in [6, 6.07) is 11.2. The number of ether oxygens (including phenoxy) is 1. The third-order valence-corrected chi connectivity index (χ3v) is 6.18. The lowest BCUT2D eigenvalue weighted by Gasteiger charge is -2.35. The summed E-state index contributed by atoms with van der Waals surface area (Å²) in [5.41, 5.74) is 1.79. The molecule has 1 saturated heterocycles. The van der Waals surface area contributed by atoms with E-state index in [4.69, 9.17) is 9.15 Å². The molecule has 0 bridgehead atoms. The summed E-state index contributed by atoms with van der Waals surface area (Å²) in [6.45, 7) is 2.96. The fourth-order valence-corrected chi connectivity index (χ4v) is 4.14. The molecular formula is C27H29N5O7. The van der Waals surface area contributed by atoms with Gasteiger partial charge in [0.2, 0.25) is 5.91 Å². The molecule has 2 N–H and O–H groups in total. The molecule has 0 aliphatic carbocycles. The average Bonchev–Trinajstić information content (AvgIpc) is 3.50. The second-order valence-electron chi connectivity index (χ2n) is 8.81. The summed E-state index contributed by atoms with van der Waals surface area (Å²) < 4.78 is 10.2. The highest BCUT2D eigenvalue weighted by Crippen LogP contribution is 2.23. The van der Waals surface area contributed by atoms with Gasteiger partial charge in [0.1, 0.15) is 11.7 Å². The van der Waals surface area contributed by atoms with E-state index < -0.39 is 29.9 Å². The minimum atomic E-state index is -1.10. The van der Waals surface area contributed by atoms with Gasteiger partial charge in [0, 0.05) is 43.7 Å². The van der Waals surface area contributed by atoms with Gasteiger partial charge in [-0.05, 0) is 25.5 Å². The molecule has 1 atom stereocenters. The van der Waals surface area contributed by atoms with Crippen molar-refractivity contribution in [3.8, 4) is 22.6 Å². The Morgan fingerprint density at radius 2 is 1.74 bits per heavy atom. The fraction of sp³-hybridized carbons (Fsp3) is 0.333. The number of piperazine rings is 1. The first-order valence-electron chi connectivity index (χ1n) is 12.6. The SMILES string of the molecule is CCOC(=O)N1CCN(C(=O)C(CCC(=O)O)NC(=O)c2cc(-c3ccoc3)nc(-c3ccccc3)n2)CC1. The Bertz CT molecular complexity index is 1310. The molecule has 1 aromatic carbocycles. The maximum atomic E-state index is 13.4. The number of amides is 3. The maximum absolute atomic E-state index is 13.4. The summed E-state index contributed by atoms with van der Waals surface area (Å²) in [7, 11) is 0. The van der Waals surface area contributed by atoms with Crippen LogP contribution in [-0.2, 0) is 14.3 Å². The number of benzene rings is 1. The monoisotopic (exact) mass is 535 g/mol. The number of carboxylic acid groups (broad SMARTS) is 1. The van der Waals surface area contributed by atoms with E-state index in [1.165, 1.54) is 28.4 Å². The van der Waals surface area contributed by atoms with Crippen molar-refractivity contribution in [2.45, 2.75) is 25.8 Å². The van der Waals surface area contributed by atoms with Gasteiger partial charge in [-0.25, -0.2) is 14.8 Å². The summed E-state index contributed by atoms with van der Waals surface area (Å²) >= 11 is 0. The van der Waals surface area contributed by atoms with Crippen molar-refractivity contribution in [3.05, 3.63) is 60.7 Å². The molecule has 1 aliphatic heterocycles. The van der Waals surface area contributed by atoms with Gasteiger partial charge >= 0.3 is 12.1 Å². The normalized spacial score (nSPS) is 14.0. The predicted octanol–water partition coefficient (Wildman–Crippen LogP) is 2.67. The molecule has 0 radical (unpaired) electrons. The highest BCUT2D eigenvalue weighted by atomic mass is 16.6. The summed E-state index contributed by atoms with van der Waals surface area (Å²) in [4.78, 5) is 62.0. The number of hydrogen-bond donors (Lipinski definition) is 2. The molecule has 39 heavy (non-hydrogen) atoms. The number of carbonyl (C=O) groups excluding carboxylic acids is 3. The zero-order chi connectivity index (χ0) is 27.8. The number of nitrogens with one attached hydrogen (secondary N) is 1. The fourth-order valence-electron chi connectivity index (χ4n) is 4.14. The molecule has 204 valence electrons. The van der Waals surface area contributed by atoms with Gasteiger partial charge < -0.3 is 29.4 Å². The zero-order valence-electron chi connectivity index (χ0n) is 21.4. The highest BCUT2D eigenvalue weighted by Gasteiger charge is 2.31. The predicted molar refractivity (Wildman–Crippen MR) is 138 cm³/mol. The number of carbonyl (C=O) groups is 4. The van der Waals surface area contributed by atoms with Gasteiger partial charge in [-0.15, -0.1) is 0 Å². The van der Waals surface area contributed by atoms with E-state index in [1.807, 2.05) is 30.3 Å². The van der Waals surface area contributed by atoms with Crippen LogP contribution in [0.5, 0.6) is 0 Å². The molecule has 1 aliphatic rings. The van der Waals surface area contributed by atoms with E-state index in [9.17, 15) is 24.3 Å². The van der Waals surface area contributed by atoms with Gasteiger partial charge in [0.15, 0.2) is 5.82 Å². The first-order chi connectivity index (χ1) is 18.9. The topological polar surface area (TPSA) is 155 Å². The Kier molecular flexibility index (Phi) is 8.87. The third-order valence-electron chi connectivity index (χ3n) is 6.18. The van der Waals surface area contributed by atoms with Gasteiger partial charge in [-0.2, -0.15) is 0 Å². The number of aliphatic carboxylic acids is 1. The third kappa shape index (κ3) is 6.98. The largest absolute Gasteiger partial charge is 0.481 e. The number of hydrogen-bond acceptors (Lipinski definition) is 8. The van der Waals surface area contributed by atoms with Crippen molar-refractivity contribution in [1.82, 2.24) is 25.1 Å². The first-order valence-corrected chi connectivity index (χ1v) is 12.6. The van der Waals surface area contributed by atoms with E-state index in [0.717, 1.165) is 0 Å². The Labute approximate surface area is 224 Å². The lowest BCUT2D eigenvalue weighted by molar-refractivity contribution is -0.138. The van der Waals surface area contributed by atoms with Crippen molar-refractivity contribution in [2.75, 3.05) is 32.8 Å². The Balaban J connectivity index is 1.55. The van der Waals surface area contributed by atoms with Crippen LogP contribution in [-0.4, -0.2) is 87.6 Å². The molecule has 4 rings (SSSR count). The van der Waals surface area contributed by atoms with Gasteiger partial charge in [-0.3, -0.25) is 14.4 Å². The number of nitrogens with zero attached hydrogens (tertiary/aromatic N) is 4. The zero-order valence-corrected chi connectivity index (χ0v) is 21.4. The highest BCUT2D eigenvalue weighted by molar-refractivity contribution is 5.97. The molecule has 1 unspecified atom stereocenters. The first kappa shape index (κ1) is 27.3.